The molecule has 0 radical (unpaired) electrons. The molecule has 0 saturated carbocycles. The second-order valence-electron chi connectivity index (χ2n) is 3.95. The van der Waals surface area contributed by atoms with Gasteiger partial charge in [-0.3, -0.25) is 0 Å². The molecule has 0 unspecified atom stereocenters. The minimum atomic E-state index is -0.750. The minimum absolute atomic E-state index is 0.0242. The Morgan fingerprint density at radius 2 is 1.71 bits per heavy atom. The summed E-state index contributed by atoms with van der Waals surface area (Å²) in [7, 11) is 5.32. The quantitative estimate of drug-likeness (QED) is 0.775. The van der Waals surface area contributed by atoms with Crippen LogP contribution in [0.1, 0.15) is 20.8 Å². The van der Waals surface area contributed by atoms with Gasteiger partial charge in [-0.05, 0) is 0 Å². The van der Waals surface area contributed by atoms with Crippen molar-refractivity contribution >= 4 is 17.5 Å². The third-order valence-corrected chi connectivity index (χ3v) is 2.89. The molecule has 0 saturated heterocycles. The second-order valence-corrected chi connectivity index (χ2v) is 3.95. The molecule has 2 heterocycles. The second kappa shape index (κ2) is 5.70. The van der Waals surface area contributed by atoms with E-state index in [2.05, 4.69) is 9.84 Å². The van der Waals surface area contributed by atoms with Gasteiger partial charge >= 0.3 is 11.9 Å². The molecule has 2 aromatic rings. The molecule has 8 nitrogen and oxygen atoms in total. The summed E-state index contributed by atoms with van der Waals surface area (Å²) in [5.41, 5.74) is 0.116. The fourth-order valence-corrected chi connectivity index (χ4v) is 1.92. The fourth-order valence-electron chi connectivity index (χ4n) is 1.92. The van der Waals surface area contributed by atoms with Gasteiger partial charge in [-0.1, -0.05) is 0 Å². The van der Waals surface area contributed by atoms with Crippen molar-refractivity contribution in [3.05, 3.63) is 23.5 Å². The molecule has 0 aromatic carbocycles. The van der Waals surface area contributed by atoms with Crippen LogP contribution >= 0.6 is 0 Å². The summed E-state index contributed by atoms with van der Waals surface area (Å²) in [6, 6.07) is 1.57. The van der Waals surface area contributed by atoms with E-state index in [0.717, 1.165) is 0 Å². The van der Waals surface area contributed by atoms with Crippen LogP contribution in [0.2, 0.25) is 0 Å². The molecule has 0 N–H and O–H groups in total. The van der Waals surface area contributed by atoms with Crippen molar-refractivity contribution in [3.8, 4) is 11.5 Å². The Morgan fingerprint density at radius 1 is 1.05 bits per heavy atom. The number of carbonyl (C=O) groups is 2. The summed E-state index contributed by atoms with van der Waals surface area (Å²) < 4.78 is 21.0. The van der Waals surface area contributed by atoms with Gasteiger partial charge in [0.05, 0.1) is 34.6 Å². The van der Waals surface area contributed by atoms with Crippen LogP contribution in [0.3, 0.4) is 0 Å². The van der Waals surface area contributed by atoms with Crippen molar-refractivity contribution in [3.63, 3.8) is 0 Å². The number of rotatable bonds is 4. The summed E-state index contributed by atoms with van der Waals surface area (Å²) in [6.07, 6.45) is 1.51. The van der Waals surface area contributed by atoms with E-state index < -0.39 is 11.9 Å². The smallest absolute Gasteiger partial charge is 0.359 e. The number of aromatic nitrogens is 2. The summed E-state index contributed by atoms with van der Waals surface area (Å²) in [5, 5.41) is 4.05. The van der Waals surface area contributed by atoms with E-state index in [9.17, 15) is 9.59 Å². The van der Waals surface area contributed by atoms with Gasteiger partial charge in [0.1, 0.15) is 22.6 Å². The van der Waals surface area contributed by atoms with Gasteiger partial charge in [-0.2, -0.15) is 5.10 Å². The zero-order valence-corrected chi connectivity index (χ0v) is 12.0. The molecule has 8 heteroatoms. The molecule has 0 atom stereocenters. The first-order valence-corrected chi connectivity index (χ1v) is 5.88. The lowest BCUT2D eigenvalue weighted by Gasteiger charge is -2.07. The highest BCUT2D eigenvalue weighted by molar-refractivity contribution is 6.08. The average molecular weight is 294 g/mol. The van der Waals surface area contributed by atoms with Gasteiger partial charge < -0.3 is 18.9 Å². The van der Waals surface area contributed by atoms with Crippen LogP contribution in [-0.2, 0) is 9.47 Å². The predicted molar refractivity (Wildman–Crippen MR) is 71.0 cm³/mol. The van der Waals surface area contributed by atoms with E-state index in [-0.39, 0.29) is 11.3 Å². The Kier molecular flexibility index (Phi) is 3.97. The number of hydrogen-bond acceptors (Lipinski definition) is 7. The third kappa shape index (κ3) is 2.35. The Morgan fingerprint density at radius 3 is 2.24 bits per heavy atom. The Bertz CT molecular complexity index is 706. The monoisotopic (exact) mass is 294 g/mol. The minimum Gasteiger partial charge on any atom is -0.495 e. The standard InChI is InChI=1S/C13H14N2O6/c1-18-7-5-8(19-2)11-9(12(16)20-3)10(13(17)21-4)14-15(11)6-7/h5-6H,1-4H3. The molecule has 0 aliphatic carbocycles. The summed E-state index contributed by atoms with van der Waals surface area (Å²) in [6.45, 7) is 0. The van der Waals surface area contributed by atoms with Crippen molar-refractivity contribution in [2.24, 2.45) is 0 Å². The summed E-state index contributed by atoms with van der Waals surface area (Å²) >= 11 is 0. The largest absolute Gasteiger partial charge is 0.495 e. The molecule has 0 aliphatic rings. The van der Waals surface area contributed by atoms with Crippen LogP contribution in [0, 0.1) is 0 Å². The van der Waals surface area contributed by atoms with E-state index in [1.165, 1.54) is 39.2 Å². The summed E-state index contributed by atoms with van der Waals surface area (Å²) in [4.78, 5) is 23.8. The molecule has 2 rings (SSSR count). The van der Waals surface area contributed by atoms with Gasteiger partial charge in [0.2, 0.25) is 0 Å². The first-order chi connectivity index (χ1) is 10.1. The van der Waals surface area contributed by atoms with Crippen molar-refractivity contribution in [1.29, 1.82) is 0 Å². The van der Waals surface area contributed by atoms with E-state index in [1.54, 1.807) is 6.07 Å². The Balaban J connectivity index is 2.86. The van der Waals surface area contributed by atoms with Crippen molar-refractivity contribution in [2.45, 2.75) is 0 Å². The third-order valence-electron chi connectivity index (χ3n) is 2.89. The van der Waals surface area contributed by atoms with Crippen molar-refractivity contribution < 1.29 is 28.5 Å². The molecule has 2 aromatic heterocycles. The fraction of sp³-hybridized carbons (Fsp3) is 0.308. The van der Waals surface area contributed by atoms with Gasteiger partial charge in [-0.15, -0.1) is 0 Å². The summed E-state index contributed by atoms with van der Waals surface area (Å²) in [5.74, 6) is -0.693. The zero-order chi connectivity index (χ0) is 15.6. The number of pyridine rings is 1. The number of esters is 2. The number of methoxy groups -OCH3 is 4. The lowest BCUT2D eigenvalue weighted by Crippen LogP contribution is -2.10. The maximum atomic E-state index is 12.0. The maximum Gasteiger partial charge on any atom is 0.359 e. The van der Waals surface area contributed by atoms with Crippen LogP contribution in [-0.4, -0.2) is 50.0 Å². The number of ether oxygens (including phenoxy) is 4. The van der Waals surface area contributed by atoms with Crippen LogP contribution in [0.15, 0.2) is 12.3 Å². The number of nitrogens with zero attached hydrogens (tertiary/aromatic N) is 2. The highest BCUT2D eigenvalue weighted by Crippen LogP contribution is 2.30. The average Bonchev–Trinajstić information content (AvgIpc) is 2.91. The molecule has 0 fully saturated rings. The molecule has 21 heavy (non-hydrogen) atoms. The zero-order valence-electron chi connectivity index (χ0n) is 12.0. The van der Waals surface area contributed by atoms with Crippen LogP contribution in [0.25, 0.3) is 5.52 Å². The molecular formula is C13H14N2O6. The number of fused-ring (bicyclic) bond motifs is 1. The van der Waals surface area contributed by atoms with E-state index in [4.69, 9.17) is 14.2 Å². The van der Waals surface area contributed by atoms with E-state index in [1.807, 2.05) is 0 Å². The van der Waals surface area contributed by atoms with Crippen molar-refractivity contribution in [1.82, 2.24) is 9.61 Å². The normalized spacial score (nSPS) is 10.3. The molecule has 0 amide bonds. The van der Waals surface area contributed by atoms with E-state index >= 15 is 0 Å². The van der Waals surface area contributed by atoms with Gasteiger partial charge in [-0.25, -0.2) is 14.1 Å². The highest BCUT2D eigenvalue weighted by atomic mass is 16.5. The lowest BCUT2D eigenvalue weighted by atomic mass is 10.2. The van der Waals surface area contributed by atoms with Crippen molar-refractivity contribution in [2.75, 3.05) is 28.4 Å². The SMILES string of the molecule is COC(=O)c1nn2cc(OC)cc(OC)c2c1C(=O)OC. The first kappa shape index (κ1) is 14.6. The maximum absolute atomic E-state index is 12.0. The molecule has 0 aliphatic heterocycles. The first-order valence-electron chi connectivity index (χ1n) is 5.88. The van der Waals surface area contributed by atoms with Crippen LogP contribution in [0.4, 0.5) is 0 Å². The van der Waals surface area contributed by atoms with Crippen LogP contribution < -0.4 is 9.47 Å². The predicted octanol–water partition coefficient (Wildman–Crippen LogP) is 0.925. The molecular weight excluding hydrogens is 280 g/mol. The van der Waals surface area contributed by atoms with Crippen LogP contribution in [0.5, 0.6) is 11.5 Å². The molecule has 112 valence electrons. The number of carbonyl (C=O) groups excluding carboxylic acids is 2. The van der Waals surface area contributed by atoms with Gasteiger partial charge in [0.25, 0.3) is 0 Å². The highest BCUT2D eigenvalue weighted by Gasteiger charge is 2.28. The van der Waals surface area contributed by atoms with Gasteiger partial charge in [0.15, 0.2) is 5.69 Å². The molecule has 0 bridgehead atoms. The van der Waals surface area contributed by atoms with Gasteiger partial charge in [0, 0.05) is 6.07 Å². The number of hydrogen-bond donors (Lipinski definition) is 0. The van der Waals surface area contributed by atoms with E-state index in [0.29, 0.717) is 17.0 Å². The Hall–Kier alpha value is -2.77. The molecule has 0 spiro atoms. The Labute approximate surface area is 120 Å². The lowest BCUT2D eigenvalue weighted by molar-refractivity contribution is 0.0553. The topological polar surface area (TPSA) is 88.4 Å².